The van der Waals surface area contributed by atoms with E-state index in [1.54, 1.807) is 0 Å². The molecule has 17 heavy (non-hydrogen) atoms. The molecule has 1 aromatic heterocycles. The number of carbonyl (C=O) groups is 1. The van der Waals surface area contributed by atoms with Gasteiger partial charge in [-0.3, -0.25) is 0 Å². The lowest BCUT2D eigenvalue weighted by atomic mass is 10.1. The van der Waals surface area contributed by atoms with Crippen LogP contribution in [-0.4, -0.2) is 16.1 Å². The minimum absolute atomic E-state index is 0.208. The zero-order valence-corrected chi connectivity index (χ0v) is 8.59. The van der Waals surface area contributed by atoms with Gasteiger partial charge in [0.05, 0.1) is 5.56 Å². The Bertz CT molecular complexity index is 640. The first kappa shape index (κ1) is 11.4. The Hall–Kier alpha value is -2.11. The number of pyridine rings is 1. The van der Waals surface area contributed by atoms with Gasteiger partial charge in [-0.2, -0.15) is 0 Å². The summed E-state index contributed by atoms with van der Waals surface area (Å²) in [4.78, 5) is 14.6. The zero-order chi connectivity index (χ0) is 12.7. The second-order valence-electron chi connectivity index (χ2n) is 3.50. The Morgan fingerprint density at radius 1 is 1.24 bits per heavy atom. The molecule has 1 N–H and O–H groups in total. The summed E-state index contributed by atoms with van der Waals surface area (Å²) < 4.78 is 39.4. The van der Waals surface area contributed by atoms with Crippen LogP contribution in [-0.2, 0) is 0 Å². The van der Waals surface area contributed by atoms with E-state index in [1.807, 2.05) is 0 Å². The third kappa shape index (κ3) is 1.71. The number of benzene rings is 1. The number of aromatic nitrogens is 1. The first-order valence-corrected chi connectivity index (χ1v) is 4.60. The van der Waals surface area contributed by atoms with Crippen molar-refractivity contribution in [3.8, 4) is 0 Å². The van der Waals surface area contributed by atoms with E-state index in [2.05, 4.69) is 4.98 Å². The topological polar surface area (TPSA) is 50.2 Å². The summed E-state index contributed by atoms with van der Waals surface area (Å²) in [7, 11) is 0. The van der Waals surface area contributed by atoms with Crippen molar-refractivity contribution in [1.82, 2.24) is 4.98 Å². The van der Waals surface area contributed by atoms with Crippen LogP contribution in [0.4, 0.5) is 13.2 Å². The van der Waals surface area contributed by atoms with Gasteiger partial charge in [0.15, 0.2) is 17.5 Å². The fourth-order valence-corrected chi connectivity index (χ4v) is 1.57. The maximum Gasteiger partial charge on any atom is 0.336 e. The average Bonchev–Trinajstić information content (AvgIpc) is 2.26. The molecule has 0 unspecified atom stereocenters. The largest absolute Gasteiger partial charge is 0.478 e. The van der Waals surface area contributed by atoms with Gasteiger partial charge in [0.2, 0.25) is 0 Å². The van der Waals surface area contributed by atoms with E-state index in [4.69, 9.17) is 5.11 Å². The lowest BCUT2D eigenvalue weighted by Gasteiger charge is -2.06. The second-order valence-corrected chi connectivity index (χ2v) is 3.50. The molecule has 1 aromatic carbocycles. The van der Waals surface area contributed by atoms with E-state index in [0.29, 0.717) is 6.07 Å². The highest BCUT2D eigenvalue weighted by molar-refractivity contribution is 6.02. The van der Waals surface area contributed by atoms with Crippen molar-refractivity contribution in [2.45, 2.75) is 6.92 Å². The molecule has 0 saturated heterocycles. The van der Waals surface area contributed by atoms with E-state index < -0.39 is 28.9 Å². The van der Waals surface area contributed by atoms with Crippen LogP contribution in [0.1, 0.15) is 16.1 Å². The van der Waals surface area contributed by atoms with Crippen LogP contribution in [0, 0.1) is 24.4 Å². The third-order valence-corrected chi connectivity index (χ3v) is 2.30. The van der Waals surface area contributed by atoms with E-state index in [9.17, 15) is 18.0 Å². The molecular formula is C11H6F3NO2. The summed E-state index contributed by atoms with van der Waals surface area (Å²) >= 11 is 0. The first-order chi connectivity index (χ1) is 7.91. The summed E-state index contributed by atoms with van der Waals surface area (Å²) in [5.41, 5.74) is -0.591. The zero-order valence-electron chi connectivity index (χ0n) is 8.59. The molecule has 0 aliphatic rings. The molecule has 0 aliphatic heterocycles. The number of fused-ring (bicyclic) bond motifs is 1. The number of hydrogen-bond acceptors (Lipinski definition) is 2. The summed E-state index contributed by atoms with van der Waals surface area (Å²) in [6.07, 6.45) is 0. The molecule has 0 spiro atoms. The molecular weight excluding hydrogens is 235 g/mol. The fourth-order valence-electron chi connectivity index (χ4n) is 1.57. The number of hydrogen-bond donors (Lipinski definition) is 1. The highest BCUT2D eigenvalue weighted by atomic mass is 19.2. The maximum atomic E-state index is 13.4. The van der Waals surface area contributed by atoms with E-state index in [0.717, 1.165) is 0 Å². The minimum Gasteiger partial charge on any atom is -0.478 e. The van der Waals surface area contributed by atoms with E-state index in [-0.39, 0.29) is 16.6 Å². The molecule has 0 aliphatic carbocycles. The number of nitrogens with zero attached hydrogens (tertiary/aromatic N) is 1. The van der Waals surface area contributed by atoms with Crippen molar-refractivity contribution in [1.29, 1.82) is 0 Å². The van der Waals surface area contributed by atoms with Crippen LogP contribution in [0.5, 0.6) is 0 Å². The van der Waals surface area contributed by atoms with Gasteiger partial charge in [0.25, 0.3) is 0 Å². The molecule has 2 aromatic rings. The van der Waals surface area contributed by atoms with Gasteiger partial charge in [-0.15, -0.1) is 0 Å². The molecule has 0 amide bonds. The average molecular weight is 241 g/mol. The number of aryl methyl sites for hydroxylation is 1. The molecule has 3 nitrogen and oxygen atoms in total. The van der Waals surface area contributed by atoms with Crippen LogP contribution in [0.25, 0.3) is 10.9 Å². The summed E-state index contributed by atoms with van der Waals surface area (Å²) in [5, 5.41) is 8.63. The Kier molecular flexibility index (Phi) is 2.49. The molecule has 88 valence electrons. The van der Waals surface area contributed by atoms with Gasteiger partial charge in [0.1, 0.15) is 5.52 Å². The van der Waals surface area contributed by atoms with Crippen molar-refractivity contribution in [2.75, 3.05) is 0 Å². The van der Waals surface area contributed by atoms with Crippen molar-refractivity contribution in [3.05, 3.63) is 40.8 Å². The lowest BCUT2D eigenvalue weighted by Crippen LogP contribution is -2.03. The van der Waals surface area contributed by atoms with E-state index in [1.165, 1.54) is 13.0 Å². The predicted octanol–water partition coefficient (Wildman–Crippen LogP) is 2.66. The lowest BCUT2D eigenvalue weighted by molar-refractivity contribution is 0.0699. The Morgan fingerprint density at radius 3 is 2.47 bits per heavy atom. The molecule has 0 saturated carbocycles. The number of halogens is 3. The second kappa shape index (κ2) is 3.73. The smallest absolute Gasteiger partial charge is 0.336 e. The number of aromatic carboxylic acids is 1. The number of carboxylic acids is 1. The van der Waals surface area contributed by atoms with Crippen LogP contribution in [0.3, 0.4) is 0 Å². The van der Waals surface area contributed by atoms with Crippen molar-refractivity contribution in [2.24, 2.45) is 0 Å². The molecule has 2 rings (SSSR count). The quantitative estimate of drug-likeness (QED) is 0.781. The Labute approximate surface area is 93.5 Å². The van der Waals surface area contributed by atoms with Crippen molar-refractivity contribution >= 4 is 16.9 Å². The number of carboxylic acid groups (broad SMARTS) is 1. The summed E-state index contributed by atoms with van der Waals surface area (Å²) in [6, 6.07) is 1.80. The van der Waals surface area contributed by atoms with Crippen molar-refractivity contribution in [3.63, 3.8) is 0 Å². The van der Waals surface area contributed by atoms with Crippen LogP contribution in [0.2, 0.25) is 0 Å². The monoisotopic (exact) mass is 241 g/mol. The maximum absolute atomic E-state index is 13.4. The van der Waals surface area contributed by atoms with Gasteiger partial charge < -0.3 is 5.11 Å². The molecule has 6 heteroatoms. The minimum atomic E-state index is -1.66. The standard InChI is InChI=1S/C11H6F3NO2/c1-4-2-6(11(16)17)5-3-7(12)8(13)9(14)10(5)15-4/h2-3H,1H3,(H,16,17). The van der Waals surface area contributed by atoms with Gasteiger partial charge in [-0.05, 0) is 19.1 Å². The highest BCUT2D eigenvalue weighted by Crippen LogP contribution is 2.25. The van der Waals surface area contributed by atoms with Gasteiger partial charge in [-0.1, -0.05) is 0 Å². The van der Waals surface area contributed by atoms with Gasteiger partial charge in [-0.25, -0.2) is 22.9 Å². The highest BCUT2D eigenvalue weighted by Gasteiger charge is 2.19. The van der Waals surface area contributed by atoms with Crippen LogP contribution < -0.4 is 0 Å². The Balaban J connectivity index is 2.99. The molecule has 0 fully saturated rings. The van der Waals surface area contributed by atoms with Crippen LogP contribution >= 0.6 is 0 Å². The fraction of sp³-hybridized carbons (Fsp3) is 0.0909. The SMILES string of the molecule is Cc1cc(C(=O)O)c2cc(F)c(F)c(F)c2n1. The predicted molar refractivity (Wildman–Crippen MR) is 53.3 cm³/mol. The summed E-state index contributed by atoms with van der Waals surface area (Å²) in [6.45, 7) is 1.44. The van der Waals surface area contributed by atoms with Gasteiger partial charge >= 0.3 is 5.97 Å². The van der Waals surface area contributed by atoms with E-state index >= 15 is 0 Å². The Morgan fingerprint density at radius 2 is 1.88 bits per heavy atom. The normalized spacial score (nSPS) is 10.8. The molecule has 1 heterocycles. The summed E-state index contributed by atoms with van der Waals surface area (Å²) in [5.74, 6) is -5.94. The third-order valence-electron chi connectivity index (χ3n) is 2.30. The molecule has 0 bridgehead atoms. The first-order valence-electron chi connectivity index (χ1n) is 4.60. The molecule has 0 atom stereocenters. The van der Waals surface area contributed by atoms with Crippen molar-refractivity contribution < 1.29 is 23.1 Å². The number of rotatable bonds is 1. The molecule has 0 radical (unpaired) electrons. The van der Waals surface area contributed by atoms with Crippen LogP contribution in [0.15, 0.2) is 12.1 Å². The van der Waals surface area contributed by atoms with Gasteiger partial charge in [0, 0.05) is 11.1 Å².